The van der Waals surface area contributed by atoms with E-state index in [0.717, 1.165) is 24.3 Å². The minimum Gasteiger partial charge on any atom is -0.383 e. The number of aliphatic imine (C=N–C) groups is 1. The molecular formula is C19H33IN4O2S. The van der Waals surface area contributed by atoms with Crippen LogP contribution in [-0.2, 0) is 10.4 Å². The van der Waals surface area contributed by atoms with Crippen molar-refractivity contribution in [1.82, 2.24) is 16.0 Å². The number of hydrogen-bond acceptors (Lipinski definition) is 4. The molecule has 1 saturated carbocycles. The van der Waals surface area contributed by atoms with Gasteiger partial charge in [-0.2, -0.15) is 0 Å². The SMILES string of the molecule is CCNC(=NCC(C)(O)c1cccs1)NCCC(=O)NC1CCCCC1.I. The Morgan fingerprint density at radius 1 is 1.33 bits per heavy atom. The summed E-state index contributed by atoms with van der Waals surface area (Å²) in [6.07, 6.45) is 6.32. The summed E-state index contributed by atoms with van der Waals surface area (Å²) in [6.45, 7) is 5.26. The second-order valence-electron chi connectivity index (χ2n) is 7.03. The Balaban J connectivity index is 0.00000364. The molecule has 27 heavy (non-hydrogen) atoms. The van der Waals surface area contributed by atoms with E-state index in [1.165, 1.54) is 30.6 Å². The molecule has 1 aromatic rings. The van der Waals surface area contributed by atoms with Crippen molar-refractivity contribution in [2.45, 2.75) is 64.0 Å². The lowest BCUT2D eigenvalue weighted by atomic mass is 9.95. The van der Waals surface area contributed by atoms with Gasteiger partial charge in [-0.15, -0.1) is 35.3 Å². The standard InChI is InChI=1S/C19H32N4O2S.HI/c1-3-20-18(22-14-19(2,25)16-10-7-13-26-16)21-12-11-17(24)23-15-8-5-4-6-9-15;/h7,10,13,15,25H,3-6,8-9,11-12,14H2,1-2H3,(H,23,24)(H2,20,21,22);1H. The molecule has 0 bridgehead atoms. The third-order valence-corrected chi connectivity index (χ3v) is 5.68. The molecule has 0 saturated heterocycles. The van der Waals surface area contributed by atoms with Crippen molar-refractivity contribution in [3.05, 3.63) is 22.4 Å². The van der Waals surface area contributed by atoms with Crippen LogP contribution in [0.3, 0.4) is 0 Å². The molecule has 0 spiro atoms. The van der Waals surface area contributed by atoms with E-state index in [0.29, 0.717) is 25.0 Å². The lowest BCUT2D eigenvalue weighted by Gasteiger charge is -2.23. The second-order valence-corrected chi connectivity index (χ2v) is 7.97. The van der Waals surface area contributed by atoms with Gasteiger partial charge in [-0.3, -0.25) is 4.79 Å². The van der Waals surface area contributed by atoms with Gasteiger partial charge in [0.05, 0.1) is 6.54 Å². The maximum absolute atomic E-state index is 12.1. The predicted octanol–water partition coefficient (Wildman–Crippen LogP) is 2.97. The zero-order valence-electron chi connectivity index (χ0n) is 16.3. The molecule has 1 aliphatic rings. The quantitative estimate of drug-likeness (QED) is 0.247. The van der Waals surface area contributed by atoms with E-state index >= 15 is 0 Å². The van der Waals surface area contributed by atoms with Crippen molar-refractivity contribution in [2.75, 3.05) is 19.6 Å². The summed E-state index contributed by atoms with van der Waals surface area (Å²) in [5.74, 6) is 0.709. The summed E-state index contributed by atoms with van der Waals surface area (Å²) in [5, 5.41) is 22.0. The first kappa shape index (κ1) is 24.2. The van der Waals surface area contributed by atoms with Crippen LogP contribution in [0.2, 0.25) is 0 Å². The van der Waals surface area contributed by atoms with Crippen molar-refractivity contribution < 1.29 is 9.90 Å². The van der Waals surface area contributed by atoms with Crippen LogP contribution in [0.15, 0.2) is 22.5 Å². The Morgan fingerprint density at radius 3 is 2.70 bits per heavy atom. The lowest BCUT2D eigenvalue weighted by Crippen LogP contribution is -2.42. The van der Waals surface area contributed by atoms with Gasteiger partial charge in [0, 0.05) is 30.4 Å². The summed E-state index contributed by atoms with van der Waals surface area (Å²) in [5.41, 5.74) is -0.991. The van der Waals surface area contributed by atoms with E-state index in [1.54, 1.807) is 6.92 Å². The summed E-state index contributed by atoms with van der Waals surface area (Å²) < 4.78 is 0. The zero-order chi connectivity index (χ0) is 18.8. The number of hydrogen-bond donors (Lipinski definition) is 4. The van der Waals surface area contributed by atoms with Crippen LogP contribution in [0.4, 0.5) is 0 Å². The Bertz CT molecular complexity index is 572. The number of nitrogens with zero attached hydrogens (tertiary/aromatic N) is 1. The number of halogens is 1. The van der Waals surface area contributed by atoms with Gasteiger partial charge in [-0.25, -0.2) is 4.99 Å². The molecule has 1 atom stereocenters. The summed E-state index contributed by atoms with van der Waals surface area (Å²) in [7, 11) is 0. The van der Waals surface area contributed by atoms with Crippen molar-refractivity contribution in [3.8, 4) is 0 Å². The van der Waals surface area contributed by atoms with Crippen LogP contribution in [0.25, 0.3) is 0 Å². The fourth-order valence-electron chi connectivity index (χ4n) is 3.08. The molecule has 1 unspecified atom stereocenters. The van der Waals surface area contributed by atoms with Crippen LogP contribution < -0.4 is 16.0 Å². The van der Waals surface area contributed by atoms with Gasteiger partial charge >= 0.3 is 0 Å². The van der Waals surface area contributed by atoms with Crippen molar-refractivity contribution in [2.24, 2.45) is 4.99 Å². The largest absolute Gasteiger partial charge is 0.383 e. The second kappa shape index (κ2) is 12.6. The average molecular weight is 508 g/mol. The molecule has 2 rings (SSSR count). The number of carbonyl (C=O) groups excluding carboxylic acids is 1. The first-order valence-corrected chi connectivity index (χ1v) is 10.5. The topological polar surface area (TPSA) is 85.8 Å². The van der Waals surface area contributed by atoms with E-state index < -0.39 is 5.60 Å². The van der Waals surface area contributed by atoms with Crippen LogP contribution >= 0.6 is 35.3 Å². The molecular weight excluding hydrogens is 475 g/mol. The number of nitrogens with one attached hydrogen (secondary N) is 3. The highest BCUT2D eigenvalue weighted by atomic mass is 127. The van der Waals surface area contributed by atoms with Gasteiger partial charge in [0.25, 0.3) is 0 Å². The fourth-order valence-corrected chi connectivity index (χ4v) is 3.86. The first-order valence-electron chi connectivity index (χ1n) is 9.59. The van der Waals surface area contributed by atoms with Crippen LogP contribution in [0.1, 0.15) is 57.2 Å². The minimum atomic E-state index is -0.991. The van der Waals surface area contributed by atoms with Crippen molar-refractivity contribution in [3.63, 3.8) is 0 Å². The van der Waals surface area contributed by atoms with Crippen LogP contribution in [0, 0.1) is 0 Å². The summed E-state index contributed by atoms with van der Waals surface area (Å²) in [6, 6.07) is 4.18. The highest BCUT2D eigenvalue weighted by Gasteiger charge is 2.24. The van der Waals surface area contributed by atoms with Crippen molar-refractivity contribution >= 4 is 47.2 Å². The third-order valence-electron chi connectivity index (χ3n) is 4.56. The first-order chi connectivity index (χ1) is 12.5. The number of thiophene rings is 1. The third kappa shape index (κ3) is 8.78. The van der Waals surface area contributed by atoms with E-state index in [-0.39, 0.29) is 36.4 Å². The maximum atomic E-state index is 12.1. The van der Waals surface area contributed by atoms with Gasteiger partial charge in [-0.05, 0) is 38.1 Å². The van der Waals surface area contributed by atoms with Crippen molar-refractivity contribution in [1.29, 1.82) is 0 Å². The maximum Gasteiger partial charge on any atom is 0.221 e. The molecule has 154 valence electrons. The van der Waals surface area contributed by atoms with E-state index in [4.69, 9.17) is 0 Å². The highest BCUT2D eigenvalue weighted by Crippen LogP contribution is 2.25. The molecule has 4 N–H and O–H groups in total. The smallest absolute Gasteiger partial charge is 0.221 e. The monoisotopic (exact) mass is 508 g/mol. The van der Waals surface area contributed by atoms with Gasteiger partial charge in [0.15, 0.2) is 5.96 Å². The van der Waals surface area contributed by atoms with Gasteiger partial charge in [0.1, 0.15) is 5.60 Å². The molecule has 1 fully saturated rings. The number of rotatable bonds is 8. The molecule has 0 aromatic carbocycles. The number of guanidine groups is 1. The van der Waals surface area contributed by atoms with E-state index in [9.17, 15) is 9.90 Å². The Labute approximate surface area is 183 Å². The molecule has 6 nitrogen and oxygen atoms in total. The molecule has 0 aliphatic heterocycles. The summed E-state index contributed by atoms with van der Waals surface area (Å²) >= 11 is 1.52. The van der Waals surface area contributed by atoms with Gasteiger partial charge in [-0.1, -0.05) is 25.3 Å². The van der Waals surface area contributed by atoms with Gasteiger partial charge in [0.2, 0.25) is 5.91 Å². The number of carbonyl (C=O) groups is 1. The zero-order valence-corrected chi connectivity index (χ0v) is 19.4. The minimum absolute atomic E-state index is 0. The highest BCUT2D eigenvalue weighted by molar-refractivity contribution is 14.0. The number of amides is 1. The molecule has 1 amide bonds. The average Bonchev–Trinajstić information content (AvgIpc) is 3.16. The fraction of sp³-hybridized carbons (Fsp3) is 0.684. The van der Waals surface area contributed by atoms with Crippen LogP contribution in [-0.4, -0.2) is 42.6 Å². The Morgan fingerprint density at radius 2 is 2.07 bits per heavy atom. The van der Waals surface area contributed by atoms with E-state index in [2.05, 4.69) is 20.9 Å². The molecule has 0 radical (unpaired) electrons. The van der Waals surface area contributed by atoms with Crippen LogP contribution in [0.5, 0.6) is 0 Å². The predicted molar refractivity (Wildman–Crippen MR) is 123 cm³/mol. The molecule has 1 heterocycles. The molecule has 1 aromatic heterocycles. The molecule has 8 heteroatoms. The Hall–Kier alpha value is -0.870. The lowest BCUT2D eigenvalue weighted by molar-refractivity contribution is -0.121. The Kier molecular flexibility index (Phi) is 11.2. The normalized spacial score (nSPS) is 17.5. The summed E-state index contributed by atoms with van der Waals surface area (Å²) in [4.78, 5) is 17.4. The van der Waals surface area contributed by atoms with Gasteiger partial charge < -0.3 is 21.1 Å². The number of aliphatic hydroxyl groups is 1. The molecule has 1 aliphatic carbocycles. The van der Waals surface area contributed by atoms with E-state index in [1.807, 2.05) is 24.4 Å².